The molecule has 0 spiro atoms. The topological polar surface area (TPSA) is 4.93 Å². The summed E-state index contributed by atoms with van der Waals surface area (Å²) in [5, 5.41) is 13.0. The molecule has 0 bridgehead atoms. The number of aromatic nitrogens is 1. The Morgan fingerprint density at radius 3 is 1.61 bits per heavy atom. The van der Waals surface area contributed by atoms with Crippen LogP contribution in [0.3, 0.4) is 0 Å². The van der Waals surface area contributed by atoms with Crippen molar-refractivity contribution in [3.63, 3.8) is 0 Å². The van der Waals surface area contributed by atoms with E-state index < -0.39 is 0 Å². The van der Waals surface area contributed by atoms with Gasteiger partial charge in [-0.2, -0.15) is 0 Å². The predicted octanol–water partition coefficient (Wildman–Crippen LogP) is 11.1. The summed E-state index contributed by atoms with van der Waals surface area (Å²) in [6.07, 6.45) is 0. The van der Waals surface area contributed by atoms with Gasteiger partial charge in [-0.25, -0.2) is 0 Å². The average molecular weight is 520 g/mol. The number of hydrogen-bond acceptors (Lipinski definition) is 0. The summed E-state index contributed by atoms with van der Waals surface area (Å²) in [6.45, 7) is 0. The van der Waals surface area contributed by atoms with Gasteiger partial charge in [-0.05, 0) is 61.6 Å². The fourth-order valence-electron chi connectivity index (χ4n) is 6.95. The lowest BCUT2D eigenvalue weighted by molar-refractivity contribution is 1.19. The first-order valence-electron chi connectivity index (χ1n) is 14.2. The number of nitrogens with zero attached hydrogens (tertiary/aromatic N) is 1. The van der Waals surface area contributed by atoms with E-state index in [0.717, 1.165) is 0 Å². The minimum atomic E-state index is 1.17. The van der Waals surface area contributed by atoms with Gasteiger partial charge in [0.25, 0.3) is 0 Å². The van der Waals surface area contributed by atoms with Crippen LogP contribution in [0.1, 0.15) is 0 Å². The molecule has 1 heteroatoms. The highest BCUT2D eigenvalue weighted by Crippen LogP contribution is 2.46. The van der Waals surface area contributed by atoms with Crippen LogP contribution < -0.4 is 0 Å². The van der Waals surface area contributed by atoms with Gasteiger partial charge >= 0.3 is 0 Å². The Kier molecular flexibility index (Phi) is 4.67. The standard InChI is InChI=1S/C40H25N/c1-2-10-26(11-3-1)27-18-22-30(23-19-27)41-36-25-21-29-13-5-7-15-32(29)38(36)39-37-31-14-6-4-12-28(31)20-24-34(37)33-16-8-9-17-35(33)40(39)41/h1-25H. The fraction of sp³-hybridized carbons (Fsp3) is 0. The molecular weight excluding hydrogens is 494 g/mol. The lowest BCUT2D eigenvalue weighted by atomic mass is 9.92. The molecule has 0 amide bonds. The molecule has 0 N–H and O–H groups in total. The molecule has 0 unspecified atom stereocenters. The van der Waals surface area contributed by atoms with Crippen molar-refractivity contribution in [1.82, 2.24) is 4.57 Å². The third-order valence-corrected chi connectivity index (χ3v) is 8.74. The third-order valence-electron chi connectivity index (χ3n) is 8.74. The summed E-state index contributed by atoms with van der Waals surface area (Å²) in [6, 6.07) is 55.4. The van der Waals surface area contributed by atoms with E-state index >= 15 is 0 Å². The Balaban J connectivity index is 1.53. The molecule has 0 atom stereocenters. The highest BCUT2D eigenvalue weighted by Gasteiger charge is 2.21. The van der Waals surface area contributed by atoms with Crippen LogP contribution >= 0.6 is 0 Å². The number of rotatable bonds is 2. The van der Waals surface area contributed by atoms with Crippen molar-refractivity contribution in [2.75, 3.05) is 0 Å². The Hall–Kier alpha value is -5.40. The van der Waals surface area contributed by atoms with Crippen molar-refractivity contribution < 1.29 is 0 Å². The Bertz CT molecular complexity index is 2450. The summed E-state index contributed by atoms with van der Waals surface area (Å²) in [5.41, 5.74) is 6.13. The number of hydrogen-bond donors (Lipinski definition) is 0. The average Bonchev–Trinajstić information content (AvgIpc) is 3.41. The van der Waals surface area contributed by atoms with Crippen LogP contribution in [0.5, 0.6) is 0 Å². The molecular formula is C40H25N. The second kappa shape index (κ2) is 8.55. The highest BCUT2D eigenvalue weighted by atomic mass is 15.0. The van der Waals surface area contributed by atoms with Gasteiger partial charge in [0, 0.05) is 27.2 Å². The minimum absolute atomic E-state index is 1.17. The van der Waals surface area contributed by atoms with Crippen LogP contribution in [0, 0.1) is 0 Å². The second-order valence-electron chi connectivity index (χ2n) is 10.9. The van der Waals surface area contributed by atoms with Gasteiger partial charge in [0.2, 0.25) is 0 Å². The van der Waals surface area contributed by atoms with Gasteiger partial charge in [0.05, 0.1) is 11.0 Å². The quantitative estimate of drug-likeness (QED) is 0.200. The van der Waals surface area contributed by atoms with Gasteiger partial charge in [-0.15, -0.1) is 0 Å². The molecule has 9 rings (SSSR count). The molecule has 9 aromatic rings. The van der Waals surface area contributed by atoms with Crippen molar-refractivity contribution in [2.24, 2.45) is 0 Å². The SMILES string of the molecule is c1ccc(-c2ccc(-n3c4ccc5ccccc5c4c4c5c6ccccc6ccc5c5ccccc5c43)cc2)cc1. The summed E-state index contributed by atoms with van der Waals surface area (Å²) in [7, 11) is 0. The molecule has 1 aromatic heterocycles. The van der Waals surface area contributed by atoms with Crippen molar-refractivity contribution in [1.29, 1.82) is 0 Å². The zero-order valence-corrected chi connectivity index (χ0v) is 22.4. The molecule has 1 heterocycles. The van der Waals surface area contributed by atoms with Gasteiger partial charge in [-0.1, -0.05) is 133 Å². The predicted molar refractivity (Wildman–Crippen MR) is 176 cm³/mol. The Morgan fingerprint density at radius 1 is 0.317 bits per heavy atom. The van der Waals surface area contributed by atoms with E-state index in [1.807, 2.05) is 0 Å². The maximum Gasteiger partial charge on any atom is 0.0626 e. The van der Waals surface area contributed by atoms with E-state index in [0.29, 0.717) is 0 Å². The third kappa shape index (κ3) is 3.18. The molecule has 0 saturated heterocycles. The maximum absolute atomic E-state index is 2.50. The van der Waals surface area contributed by atoms with Gasteiger partial charge < -0.3 is 4.57 Å². The van der Waals surface area contributed by atoms with Gasteiger partial charge in [0.1, 0.15) is 0 Å². The van der Waals surface area contributed by atoms with Crippen molar-refractivity contribution in [3.8, 4) is 16.8 Å². The zero-order chi connectivity index (χ0) is 26.9. The van der Waals surface area contributed by atoms with E-state index in [1.165, 1.54) is 81.7 Å². The van der Waals surface area contributed by atoms with Crippen LogP contribution in [0.2, 0.25) is 0 Å². The summed E-state index contributed by atoms with van der Waals surface area (Å²) in [4.78, 5) is 0. The van der Waals surface area contributed by atoms with Crippen LogP contribution in [0.15, 0.2) is 152 Å². The first-order valence-corrected chi connectivity index (χ1v) is 14.2. The Morgan fingerprint density at radius 2 is 0.878 bits per heavy atom. The van der Waals surface area contributed by atoms with Crippen LogP contribution in [0.25, 0.3) is 81.7 Å². The van der Waals surface area contributed by atoms with Gasteiger partial charge in [0.15, 0.2) is 0 Å². The number of fused-ring (bicyclic) bond motifs is 12. The molecule has 1 nitrogen and oxygen atoms in total. The van der Waals surface area contributed by atoms with Crippen LogP contribution in [-0.4, -0.2) is 4.57 Å². The lowest BCUT2D eigenvalue weighted by Gasteiger charge is -2.14. The first-order chi connectivity index (χ1) is 20.4. The first kappa shape index (κ1) is 22.4. The van der Waals surface area contributed by atoms with Crippen molar-refractivity contribution >= 4 is 64.9 Å². The van der Waals surface area contributed by atoms with Crippen LogP contribution in [-0.2, 0) is 0 Å². The summed E-state index contributed by atoms with van der Waals surface area (Å²) < 4.78 is 2.50. The Labute approximate surface area is 237 Å². The lowest BCUT2D eigenvalue weighted by Crippen LogP contribution is -1.95. The fourth-order valence-corrected chi connectivity index (χ4v) is 6.95. The summed E-state index contributed by atoms with van der Waals surface area (Å²) >= 11 is 0. The molecule has 0 aliphatic carbocycles. The summed E-state index contributed by atoms with van der Waals surface area (Å²) in [5.74, 6) is 0. The smallest absolute Gasteiger partial charge is 0.0626 e. The maximum atomic E-state index is 2.50. The van der Waals surface area contributed by atoms with E-state index in [9.17, 15) is 0 Å². The number of benzene rings is 8. The monoisotopic (exact) mass is 519 g/mol. The zero-order valence-electron chi connectivity index (χ0n) is 22.4. The molecule has 0 fully saturated rings. The normalized spacial score (nSPS) is 11.9. The van der Waals surface area contributed by atoms with Crippen LogP contribution in [0.4, 0.5) is 0 Å². The van der Waals surface area contributed by atoms with E-state index in [2.05, 4.69) is 156 Å². The molecule has 0 aliphatic heterocycles. The molecule has 41 heavy (non-hydrogen) atoms. The van der Waals surface area contributed by atoms with E-state index in [1.54, 1.807) is 0 Å². The molecule has 0 saturated carbocycles. The van der Waals surface area contributed by atoms with Crippen molar-refractivity contribution in [2.45, 2.75) is 0 Å². The van der Waals surface area contributed by atoms with E-state index in [4.69, 9.17) is 0 Å². The highest BCUT2D eigenvalue weighted by molar-refractivity contribution is 6.39. The van der Waals surface area contributed by atoms with Gasteiger partial charge in [-0.3, -0.25) is 0 Å². The molecule has 8 aromatic carbocycles. The molecule has 0 radical (unpaired) electrons. The second-order valence-corrected chi connectivity index (χ2v) is 10.9. The molecule has 0 aliphatic rings. The largest absolute Gasteiger partial charge is 0.309 e. The van der Waals surface area contributed by atoms with Crippen molar-refractivity contribution in [3.05, 3.63) is 152 Å². The van der Waals surface area contributed by atoms with E-state index in [-0.39, 0.29) is 0 Å². The minimum Gasteiger partial charge on any atom is -0.309 e. The molecule has 190 valence electrons.